The van der Waals surface area contributed by atoms with Gasteiger partial charge in [0.15, 0.2) is 0 Å². The third-order valence-corrected chi connectivity index (χ3v) is 3.37. The summed E-state index contributed by atoms with van der Waals surface area (Å²) in [4.78, 5) is 13.6. The van der Waals surface area contributed by atoms with Gasteiger partial charge in [0.05, 0.1) is 0 Å². The number of hydrogen-bond donors (Lipinski definition) is 2. The van der Waals surface area contributed by atoms with Gasteiger partial charge in [-0.05, 0) is 35.1 Å². The average molecular weight is 263 g/mol. The van der Waals surface area contributed by atoms with Crippen LogP contribution in [0.3, 0.4) is 0 Å². The smallest absolute Gasteiger partial charge is 0.325 e. The summed E-state index contributed by atoms with van der Waals surface area (Å²) in [7, 11) is 0. The molecule has 1 aromatic carbocycles. The Morgan fingerprint density at radius 1 is 1.42 bits per heavy atom. The first-order chi connectivity index (χ1) is 8.78. The zero-order chi connectivity index (χ0) is 14.2. The molecule has 0 aromatic heterocycles. The molecule has 0 bridgehead atoms. The average Bonchev–Trinajstić information content (AvgIpc) is 2.25. The number of aromatic hydroxyl groups is 1. The van der Waals surface area contributed by atoms with Crippen LogP contribution in [0.4, 0.5) is 0 Å². The number of carboxylic acid groups (broad SMARTS) is 1. The Morgan fingerprint density at radius 2 is 2.11 bits per heavy atom. The number of fused-ring (bicyclic) bond motifs is 1. The minimum atomic E-state index is -0.851. The number of phenolic OH excluding ortho intramolecular Hbond substituents is 1. The molecule has 1 heterocycles. The van der Waals surface area contributed by atoms with E-state index < -0.39 is 12.0 Å². The van der Waals surface area contributed by atoms with Crippen molar-refractivity contribution in [3.05, 3.63) is 29.3 Å². The first kappa shape index (κ1) is 13.9. The highest BCUT2D eigenvalue weighted by Gasteiger charge is 2.34. The van der Waals surface area contributed by atoms with Gasteiger partial charge < -0.3 is 10.2 Å². The van der Waals surface area contributed by atoms with E-state index in [0.29, 0.717) is 0 Å². The van der Waals surface area contributed by atoms with E-state index in [4.69, 9.17) is 0 Å². The summed E-state index contributed by atoms with van der Waals surface area (Å²) in [6, 6.07) is 4.38. The van der Waals surface area contributed by atoms with Crippen LogP contribution in [0, 0.1) is 5.41 Å². The second-order valence-corrected chi connectivity index (χ2v) is 6.41. The maximum absolute atomic E-state index is 11.6. The first-order valence-electron chi connectivity index (χ1n) is 6.56. The third kappa shape index (κ3) is 3.07. The fraction of sp³-hybridized carbons (Fsp3) is 0.533. The molecule has 0 saturated carbocycles. The molecule has 4 heteroatoms. The standard InChI is InChI=1S/C15H21NO3/c1-15(2,3)9-16-7-6-10-4-5-11(17)8-12(10)13(16)14(18)19/h4-5,8,13,17H,6-7,9H2,1-3H3,(H,18,19). The zero-order valence-electron chi connectivity index (χ0n) is 11.7. The van der Waals surface area contributed by atoms with Gasteiger partial charge in [-0.1, -0.05) is 26.8 Å². The van der Waals surface area contributed by atoms with E-state index in [9.17, 15) is 15.0 Å². The van der Waals surface area contributed by atoms with Crippen LogP contribution in [-0.4, -0.2) is 34.2 Å². The molecule has 1 aliphatic heterocycles. The normalized spacial score (nSPS) is 20.1. The molecule has 0 radical (unpaired) electrons. The summed E-state index contributed by atoms with van der Waals surface area (Å²) in [6.45, 7) is 7.77. The van der Waals surface area contributed by atoms with Crippen LogP contribution >= 0.6 is 0 Å². The maximum Gasteiger partial charge on any atom is 0.325 e. The first-order valence-corrected chi connectivity index (χ1v) is 6.56. The quantitative estimate of drug-likeness (QED) is 0.860. The number of carbonyl (C=O) groups is 1. The van der Waals surface area contributed by atoms with Gasteiger partial charge in [0, 0.05) is 13.1 Å². The second-order valence-electron chi connectivity index (χ2n) is 6.41. The lowest BCUT2D eigenvalue weighted by Crippen LogP contribution is -2.43. The van der Waals surface area contributed by atoms with Gasteiger partial charge in [-0.25, -0.2) is 0 Å². The van der Waals surface area contributed by atoms with Gasteiger partial charge in [-0.15, -0.1) is 0 Å². The van der Waals surface area contributed by atoms with Gasteiger partial charge >= 0.3 is 5.97 Å². The molecule has 0 aliphatic carbocycles. The summed E-state index contributed by atoms with van der Waals surface area (Å²) in [6.07, 6.45) is 0.829. The highest BCUT2D eigenvalue weighted by Crippen LogP contribution is 2.34. The van der Waals surface area contributed by atoms with E-state index in [-0.39, 0.29) is 11.2 Å². The molecule has 2 N–H and O–H groups in total. The van der Waals surface area contributed by atoms with E-state index in [1.807, 2.05) is 11.0 Å². The van der Waals surface area contributed by atoms with Crippen LogP contribution < -0.4 is 0 Å². The van der Waals surface area contributed by atoms with Crippen molar-refractivity contribution in [1.29, 1.82) is 0 Å². The van der Waals surface area contributed by atoms with Crippen molar-refractivity contribution in [2.24, 2.45) is 5.41 Å². The summed E-state index contributed by atoms with van der Waals surface area (Å²) >= 11 is 0. The largest absolute Gasteiger partial charge is 0.508 e. The summed E-state index contributed by atoms with van der Waals surface area (Å²) in [5, 5.41) is 19.1. The molecule has 1 aliphatic rings. The lowest BCUT2D eigenvalue weighted by Gasteiger charge is -2.38. The van der Waals surface area contributed by atoms with Crippen molar-refractivity contribution in [3.63, 3.8) is 0 Å². The molecule has 1 atom stereocenters. The van der Waals surface area contributed by atoms with Gasteiger partial charge in [0.1, 0.15) is 11.8 Å². The van der Waals surface area contributed by atoms with Crippen molar-refractivity contribution in [1.82, 2.24) is 4.90 Å². The highest BCUT2D eigenvalue weighted by molar-refractivity contribution is 5.77. The zero-order valence-corrected chi connectivity index (χ0v) is 11.7. The molecule has 1 aromatic rings. The number of benzene rings is 1. The molecule has 19 heavy (non-hydrogen) atoms. The second kappa shape index (κ2) is 4.85. The van der Waals surface area contributed by atoms with E-state index >= 15 is 0 Å². The topological polar surface area (TPSA) is 60.8 Å². The maximum atomic E-state index is 11.6. The number of hydrogen-bond acceptors (Lipinski definition) is 3. The molecule has 104 valence electrons. The van der Waals surface area contributed by atoms with Crippen molar-refractivity contribution in [2.45, 2.75) is 33.2 Å². The van der Waals surface area contributed by atoms with Gasteiger partial charge in [0.25, 0.3) is 0 Å². The summed E-state index contributed by atoms with van der Waals surface area (Å²) < 4.78 is 0. The van der Waals surface area contributed by atoms with E-state index in [0.717, 1.165) is 30.6 Å². The van der Waals surface area contributed by atoms with Crippen molar-refractivity contribution < 1.29 is 15.0 Å². The number of nitrogens with zero attached hydrogens (tertiary/aromatic N) is 1. The van der Waals surface area contributed by atoms with Crippen LogP contribution in [-0.2, 0) is 11.2 Å². The van der Waals surface area contributed by atoms with E-state index in [2.05, 4.69) is 20.8 Å². The highest BCUT2D eigenvalue weighted by atomic mass is 16.4. The Labute approximate surface area is 113 Å². The van der Waals surface area contributed by atoms with Crippen LogP contribution in [0.1, 0.15) is 37.9 Å². The Morgan fingerprint density at radius 3 is 2.68 bits per heavy atom. The van der Waals surface area contributed by atoms with Crippen LogP contribution in [0.5, 0.6) is 5.75 Å². The monoisotopic (exact) mass is 263 g/mol. The van der Waals surface area contributed by atoms with Crippen LogP contribution in [0.2, 0.25) is 0 Å². The van der Waals surface area contributed by atoms with Crippen LogP contribution in [0.15, 0.2) is 18.2 Å². The molecule has 0 amide bonds. The molecular weight excluding hydrogens is 242 g/mol. The fourth-order valence-corrected chi connectivity index (χ4v) is 2.72. The minimum absolute atomic E-state index is 0.0437. The number of aliphatic carboxylic acids is 1. The molecular formula is C15H21NO3. The van der Waals surface area contributed by atoms with Crippen molar-refractivity contribution in [2.75, 3.05) is 13.1 Å². The minimum Gasteiger partial charge on any atom is -0.508 e. The molecule has 0 fully saturated rings. The SMILES string of the molecule is CC(C)(C)CN1CCc2ccc(O)cc2C1C(=O)O. The van der Waals surface area contributed by atoms with Gasteiger partial charge in [-0.3, -0.25) is 9.69 Å². The molecule has 1 unspecified atom stereocenters. The van der Waals surface area contributed by atoms with E-state index in [1.54, 1.807) is 12.1 Å². The molecule has 2 rings (SSSR count). The Bertz CT molecular complexity index is 491. The summed E-state index contributed by atoms with van der Waals surface area (Å²) in [5.41, 5.74) is 1.79. The van der Waals surface area contributed by atoms with Gasteiger partial charge in [-0.2, -0.15) is 0 Å². The Balaban J connectivity index is 2.38. The molecule has 0 spiro atoms. The Kier molecular flexibility index (Phi) is 3.54. The van der Waals surface area contributed by atoms with Gasteiger partial charge in [0.2, 0.25) is 0 Å². The lowest BCUT2D eigenvalue weighted by atomic mass is 9.88. The number of phenols is 1. The Hall–Kier alpha value is -1.55. The lowest BCUT2D eigenvalue weighted by molar-refractivity contribution is -0.144. The molecule has 0 saturated heterocycles. The third-order valence-electron chi connectivity index (χ3n) is 3.37. The predicted molar refractivity (Wildman–Crippen MR) is 73.2 cm³/mol. The fourth-order valence-electron chi connectivity index (χ4n) is 2.72. The molecule has 4 nitrogen and oxygen atoms in total. The van der Waals surface area contributed by atoms with Crippen molar-refractivity contribution >= 4 is 5.97 Å². The predicted octanol–water partition coefficient (Wildman–Crippen LogP) is 2.42. The van der Waals surface area contributed by atoms with Crippen molar-refractivity contribution in [3.8, 4) is 5.75 Å². The number of rotatable bonds is 2. The summed E-state index contributed by atoms with van der Waals surface area (Å²) in [5.74, 6) is -0.724. The van der Waals surface area contributed by atoms with E-state index in [1.165, 1.54) is 0 Å². The van der Waals surface area contributed by atoms with Crippen LogP contribution in [0.25, 0.3) is 0 Å². The number of carboxylic acids is 1.